The smallest absolute Gasteiger partial charge is 0.00162 e. The molecule has 0 heteroatoms. The van der Waals surface area contributed by atoms with Crippen molar-refractivity contribution in [3.8, 4) is 0 Å². The SMILES string of the molecule is CCC(CC)C1C=CC(C(C)(C)C)=C1. The van der Waals surface area contributed by atoms with Gasteiger partial charge in [-0.3, -0.25) is 0 Å². The third kappa shape index (κ3) is 2.50. The topological polar surface area (TPSA) is 0 Å². The second-order valence-electron chi connectivity index (χ2n) is 5.39. The normalized spacial score (nSPS) is 21.9. The van der Waals surface area contributed by atoms with Crippen molar-refractivity contribution >= 4 is 0 Å². The molecular weight excluding hydrogens is 168 g/mol. The third-order valence-corrected chi connectivity index (χ3v) is 3.33. The summed E-state index contributed by atoms with van der Waals surface area (Å²) in [7, 11) is 0. The monoisotopic (exact) mass is 192 g/mol. The Bertz CT molecular complexity index is 233. The number of hydrogen-bond donors (Lipinski definition) is 0. The zero-order valence-electron chi connectivity index (χ0n) is 10.3. The molecule has 0 heterocycles. The largest absolute Gasteiger partial charge is 0.0770 e. The standard InChI is InChI=1S/C14H24/c1-6-11(7-2)12-8-9-13(10-12)14(3,4)5/h8-12H,6-7H2,1-5H3. The molecule has 0 N–H and O–H groups in total. The molecule has 0 nitrogen and oxygen atoms in total. The lowest BCUT2D eigenvalue weighted by Gasteiger charge is -2.20. The average molecular weight is 192 g/mol. The quantitative estimate of drug-likeness (QED) is 0.614. The van der Waals surface area contributed by atoms with Gasteiger partial charge in [-0.2, -0.15) is 0 Å². The van der Waals surface area contributed by atoms with Crippen molar-refractivity contribution in [1.82, 2.24) is 0 Å². The van der Waals surface area contributed by atoms with Gasteiger partial charge in [0.2, 0.25) is 0 Å². The van der Waals surface area contributed by atoms with Gasteiger partial charge in [0.25, 0.3) is 0 Å². The van der Waals surface area contributed by atoms with E-state index in [9.17, 15) is 0 Å². The minimum atomic E-state index is 0.317. The van der Waals surface area contributed by atoms with Crippen molar-refractivity contribution in [2.45, 2.75) is 47.5 Å². The van der Waals surface area contributed by atoms with Gasteiger partial charge in [-0.1, -0.05) is 65.7 Å². The molecule has 0 aromatic heterocycles. The number of rotatable bonds is 3. The zero-order valence-corrected chi connectivity index (χ0v) is 10.3. The molecule has 80 valence electrons. The summed E-state index contributed by atoms with van der Waals surface area (Å²) in [4.78, 5) is 0. The molecule has 0 aliphatic heterocycles. The predicted octanol–water partition coefficient (Wildman–Crippen LogP) is 4.58. The molecule has 1 atom stereocenters. The Kier molecular flexibility index (Phi) is 3.58. The molecule has 0 amide bonds. The summed E-state index contributed by atoms with van der Waals surface area (Å²) in [6, 6.07) is 0. The van der Waals surface area contributed by atoms with Crippen molar-refractivity contribution < 1.29 is 0 Å². The molecule has 0 radical (unpaired) electrons. The minimum Gasteiger partial charge on any atom is -0.0770 e. The van der Waals surface area contributed by atoms with E-state index in [1.165, 1.54) is 18.4 Å². The number of allylic oxidation sites excluding steroid dienone is 4. The molecular formula is C14H24. The van der Waals surface area contributed by atoms with E-state index in [2.05, 4.69) is 52.8 Å². The van der Waals surface area contributed by atoms with E-state index in [1.54, 1.807) is 0 Å². The van der Waals surface area contributed by atoms with E-state index >= 15 is 0 Å². The Balaban J connectivity index is 2.72. The Labute approximate surface area is 89.1 Å². The Hall–Kier alpha value is -0.520. The molecule has 1 unspecified atom stereocenters. The van der Waals surface area contributed by atoms with Gasteiger partial charge < -0.3 is 0 Å². The van der Waals surface area contributed by atoms with Crippen LogP contribution in [0.2, 0.25) is 0 Å². The lowest BCUT2D eigenvalue weighted by Crippen LogP contribution is -2.09. The Morgan fingerprint density at radius 3 is 2.14 bits per heavy atom. The van der Waals surface area contributed by atoms with Crippen LogP contribution in [-0.4, -0.2) is 0 Å². The summed E-state index contributed by atoms with van der Waals surface area (Å²) in [5.74, 6) is 1.53. The molecule has 0 saturated heterocycles. The second-order valence-corrected chi connectivity index (χ2v) is 5.39. The van der Waals surface area contributed by atoms with Crippen molar-refractivity contribution in [1.29, 1.82) is 0 Å². The first-order chi connectivity index (χ1) is 6.49. The van der Waals surface area contributed by atoms with E-state index in [0.717, 1.165) is 5.92 Å². The van der Waals surface area contributed by atoms with Gasteiger partial charge in [-0.15, -0.1) is 0 Å². The van der Waals surface area contributed by atoms with E-state index in [-0.39, 0.29) is 0 Å². The number of hydrogen-bond acceptors (Lipinski definition) is 0. The Morgan fingerprint density at radius 2 is 1.79 bits per heavy atom. The minimum absolute atomic E-state index is 0.317. The highest BCUT2D eigenvalue weighted by atomic mass is 14.3. The van der Waals surface area contributed by atoms with Crippen LogP contribution in [0.4, 0.5) is 0 Å². The van der Waals surface area contributed by atoms with Crippen LogP contribution in [-0.2, 0) is 0 Å². The summed E-state index contributed by atoms with van der Waals surface area (Å²) in [5, 5.41) is 0. The maximum absolute atomic E-state index is 2.47. The van der Waals surface area contributed by atoms with Crippen LogP contribution in [0.15, 0.2) is 23.8 Å². The van der Waals surface area contributed by atoms with Crippen molar-refractivity contribution in [2.75, 3.05) is 0 Å². The average Bonchev–Trinajstić information content (AvgIpc) is 2.54. The molecule has 1 aliphatic rings. The fourth-order valence-electron chi connectivity index (χ4n) is 2.16. The van der Waals surface area contributed by atoms with Crippen LogP contribution in [0.5, 0.6) is 0 Å². The summed E-state index contributed by atoms with van der Waals surface area (Å²) < 4.78 is 0. The van der Waals surface area contributed by atoms with E-state index in [1.807, 2.05) is 0 Å². The van der Waals surface area contributed by atoms with Crippen LogP contribution in [0, 0.1) is 17.3 Å². The van der Waals surface area contributed by atoms with E-state index in [4.69, 9.17) is 0 Å². The first kappa shape index (κ1) is 11.6. The maximum atomic E-state index is 2.47. The molecule has 0 aromatic carbocycles. The van der Waals surface area contributed by atoms with Crippen molar-refractivity contribution in [2.24, 2.45) is 17.3 Å². The molecule has 0 fully saturated rings. The van der Waals surface area contributed by atoms with Crippen LogP contribution in [0.25, 0.3) is 0 Å². The van der Waals surface area contributed by atoms with E-state index in [0.29, 0.717) is 11.3 Å². The lowest BCUT2D eigenvalue weighted by molar-refractivity contribution is 0.424. The predicted molar refractivity (Wildman–Crippen MR) is 64.2 cm³/mol. The molecule has 0 bridgehead atoms. The zero-order chi connectivity index (χ0) is 10.8. The van der Waals surface area contributed by atoms with Crippen LogP contribution in [0.1, 0.15) is 47.5 Å². The molecule has 1 aliphatic carbocycles. The van der Waals surface area contributed by atoms with Crippen molar-refractivity contribution in [3.63, 3.8) is 0 Å². The summed E-state index contributed by atoms with van der Waals surface area (Å²) in [6.45, 7) is 11.5. The van der Waals surface area contributed by atoms with Crippen LogP contribution in [0.3, 0.4) is 0 Å². The van der Waals surface area contributed by atoms with Crippen LogP contribution >= 0.6 is 0 Å². The molecule has 0 spiro atoms. The first-order valence-electron chi connectivity index (χ1n) is 5.89. The molecule has 0 saturated carbocycles. The molecule has 0 aromatic rings. The highest BCUT2D eigenvalue weighted by molar-refractivity contribution is 5.33. The summed E-state index contributed by atoms with van der Waals surface area (Å²) in [6.07, 6.45) is 9.76. The summed E-state index contributed by atoms with van der Waals surface area (Å²) >= 11 is 0. The second kappa shape index (κ2) is 4.33. The fourth-order valence-corrected chi connectivity index (χ4v) is 2.16. The van der Waals surface area contributed by atoms with Gasteiger partial charge in [0.05, 0.1) is 0 Å². The van der Waals surface area contributed by atoms with Crippen LogP contribution < -0.4 is 0 Å². The Morgan fingerprint density at radius 1 is 1.21 bits per heavy atom. The first-order valence-corrected chi connectivity index (χ1v) is 5.89. The van der Waals surface area contributed by atoms with Crippen molar-refractivity contribution in [3.05, 3.63) is 23.8 Å². The van der Waals surface area contributed by atoms with Gasteiger partial charge >= 0.3 is 0 Å². The van der Waals surface area contributed by atoms with Gasteiger partial charge in [-0.25, -0.2) is 0 Å². The van der Waals surface area contributed by atoms with Gasteiger partial charge in [0, 0.05) is 0 Å². The van der Waals surface area contributed by atoms with Gasteiger partial charge in [-0.05, 0) is 22.8 Å². The fraction of sp³-hybridized carbons (Fsp3) is 0.714. The maximum Gasteiger partial charge on any atom is -0.00162 e. The third-order valence-electron chi connectivity index (χ3n) is 3.33. The van der Waals surface area contributed by atoms with Gasteiger partial charge in [0.15, 0.2) is 0 Å². The lowest BCUT2D eigenvalue weighted by atomic mass is 9.85. The van der Waals surface area contributed by atoms with E-state index < -0.39 is 0 Å². The molecule has 14 heavy (non-hydrogen) atoms. The summed E-state index contributed by atoms with van der Waals surface area (Å²) in [5.41, 5.74) is 1.83. The molecule has 1 rings (SSSR count). The van der Waals surface area contributed by atoms with Gasteiger partial charge in [0.1, 0.15) is 0 Å². The highest BCUT2D eigenvalue weighted by Crippen LogP contribution is 2.35. The highest BCUT2D eigenvalue weighted by Gasteiger charge is 2.23.